The number of fused-ring (bicyclic) bond motifs is 1. The molecule has 1 saturated carbocycles. The van der Waals surface area contributed by atoms with E-state index in [0.717, 1.165) is 70.7 Å². The van der Waals surface area contributed by atoms with Gasteiger partial charge in [0, 0.05) is 81.9 Å². The van der Waals surface area contributed by atoms with Crippen molar-refractivity contribution < 1.29 is 4.79 Å². The summed E-state index contributed by atoms with van der Waals surface area (Å²) in [6.45, 7) is 7.65. The number of nitrogens with zero attached hydrogens (tertiary/aromatic N) is 6. The third-order valence-corrected chi connectivity index (χ3v) is 9.82. The van der Waals surface area contributed by atoms with Crippen molar-refractivity contribution >= 4 is 62.0 Å². The van der Waals surface area contributed by atoms with Gasteiger partial charge in [-0.1, -0.05) is 17.5 Å². The highest BCUT2D eigenvalue weighted by Crippen LogP contribution is 2.34. The van der Waals surface area contributed by atoms with E-state index in [2.05, 4.69) is 107 Å². The summed E-state index contributed by atoms with van der Waals surface area (Å²) in [6.07, 6.45) is 6.17. The number of amides is 1. The molecule has 0 spiro atoms. The largest absolute Gasteiger partial charge is 0.369 e. The van der Waals surface area contributed by atoms with E-state index in [-0.39, 0.29) is 10.5 Å². The van der Waals surface area contributed by atoms with Gasteiger partial charge in [0.15, 0.2) is 0 Å². The molecule has 7 nitrogen and oxygen atoms in total. The molecule has 12 heteroatoms. The zero-order valence-corrected chi connectivity index (χ0v) is 24.4. The number of carbonyl (C=O) groups is 1. The lowest BCUT2D eigenvalue weighted by atomic mass is 9.26. The van der Waals surface area contributed by atoms with Gasteiger partial charge in [-0.2, -0.15) is 5.10 Å². The predicted octanol–water partition coefficient (Wildman–Crippen LogP) is -1.93. The Morgan fingerprint density at radius 2 is 1.44 bits per heavy atom. The lowest BCUT2D eigenvalue weighted by Gasteiger charge is -2.52. The number of aromatic nitrogens is 2. The molecule has 2 aromatic heterocycles. The van der Waals surface area contributed by atoms with Crippen molar-refractivity contribution in [3.05, 3.63) is 48.8 Å². The van der Waals surface area contributed by atoms with Gasteiger partial charge in [0.1, 0.15) is 15.7 Å². The van der Waals surface area contributed by atoms with Crippen LogP contribution < -0.4 is 9.80 Å². The summed E-state index contributed by atoms with van der Waals surface area (Å²) in [5.41, 5.74) is 6.01. The van der Waals surface area contributed by atoms with Crippen molar-refractivity contribution in [1.82, 2.24) is 19.4 Å². The molecule has 39 heavy (non-hydrogen) atoms. The Labute approximate surface area is 237 Å². The molecule has 2 saturated heterocycles. The van der Waals surface area contributed by atoms with Crippen LogP contribution in [0, 0.1) is 5.92 Å². The van der Waals surface area contributed by atoms with Crippen molar-refractivity contribution in [3.63, 3.8) is 0 Å². The molecular formula is C27H39B5N6O. The molecule has 2 aliphatic heterocycles. The van der Waals surface area contributed by atoms with Crippen molar-refractivity contribution in [1.29, 1.82) is 0 Å². The van der Waals surface area contributed by atoms with Crippen molar-refractivity contribution in [2.24, 2.45) is 5.92 Å². The van der Waals surface area contributed by atoms with Gasteiger partial charge in [0.05, 0.1) is 34.7 Å². The summed E-state index contributed by atoms with van der Waals surface area (Å²) in [6, 6.07) is 13.4. The summed E-state index contributed by atoms with van der Waals surface area (Å²) in [5.74, 6) is 0.660. The Balaban J connectivity index is 1.13. The summed E-state index contributed by atoms with van der Waals surface area (Å²) < 4.78 is 2.00. The van der Waals surface area contributed by atoms with Gasteiger partial charge in [-0.15, -0.1) is 5.11 Å². The third kappa shape index (κ3) is 5.12. The zero-order valence-electron chi connectivity index (χ0n) is 24.4. The second kappa shape index (κ2) is 10.0. The Hall–Kier alpha value is -2.74. The number of carbonyl (C=O) groups excluding carboxylic acids is 1. The van der Waals surface area contributed by atoms with Crippen LogP contribution in [-0.2, 0) is 4.79 Å². The molecule has 3 aromatic rings. The Kier molecular flexibility index (Phi) is 6.81. The minimum absolute atomic E-state index is 0.175. The van der Waals surface area contributed by atoms with E-state index < -0.39 is 0 Å². The maximum absolute atomic E-state index is 12.5. The number of benzene rings is 1. The molecule has 0 radical (unpaired) electrons. The molecule has 1 aromatic carbocycles. The first kappa shape index (κ1) is 26.5. The van der Waals surface area contributed by atoms with Crippen molar-refractivity contribution in [3.8, 4) is 11.1 Å². The third-order valence-electron chi connectivity index (χ3n) is 9.82. The fourth-order valence-electron chi connectivity index (χ4n) is 6.04. The van der Waals surface area contributed by atoms with E-state index in [0.29, 0.717) is 11.8 Å². The van der Waals surface area contributed by atoms with E-state index in [1.165, 1.54) is 22.5 Å². The minimum Gasteiger partial charge on any atom is -0.369 e. The molecule has 3 fully saturated rings. The summed E-state index contributed by atoms with van der Waals surface area (Å²) in [7, 11) is 11.8. The van der Waals surface area contributed by atoms with Crippen LogP contribution >= 0.6 is 0 Å². The van der Waals surface area contributed by atoms with Crippen molar-refractivity contribution in [2.45, 2.75) is 23.3 Å². The molecule has 0 bridgehead atoms. The first-order chi connectivity index (χ1) is 18.6. The molecule has 0 unspecified atom stereocenters. The van der Waals surface area contributed by atoms with Gasteiger partial charge in [-0.25, -0.2) is 4.52 Å². The lowest BCUT2D eigenvalue weighted by molar-refractivity contribution is -0.132. The fraction of sp³-hybridized carbons (Fsp3) is 0.481. The quantitative estimate of drug-likeness (QED) is 0.357. The standard InChI is InChI=1S/C27H39B5N6O/c28-26(29,30)27(31,32)37-15-13-34(14-16-37)22-5-3-19(4-6-22)21-17-24-23(7-8-33-38(24)18-21)35-9-11-36(12-10-35)25(39)20-1-2-20/h3-8,17-18,20H,1-2,9-16,28-32H2. The number of anilines is 2. The molecular weight excluding hydrogens is 478 g/mol. The molecule has 0 N–H and O–H groups in total. The number of piperazine rings is 2. The van der Waals surface area contributed by atoms with Gasteiger partial charge in [-0.3, -0.25) is 4.79 Å². The van der Waals surface area contributed by atoms with Crippen LogP contribution in [0.3, 0.4) is 0 Å². The van der Waals surface area contributed by atoms with Crippen LogP contribution in [0.2, 0.25) is 5.11 Å². The molecule has 3 aliphatic rings. The van der Waals surface area contributed by atoms with E-state index >= 15 is 0 Å². The van der Waals surface area contributed by atoms with E-state index in [4.69, 9.17) is 0 Å². The second-order valence-electron chi connectivity index (χ2n) is 13.2. The molecule has 198 valence electrons. The van der Waals surface area contributed by atoms with Crippen LogP contribution in [0.4, 0.5) is 11.4 Å². The average Bonchev–Trinajstić information content (AvgIpc) is 3.70. The summed E-state index contributed by atoms with van der Waals surface area (Å²) in [4.78, 5) is 22.1. The molecule has 4 heterocycles. The van der Waals surface area contributed by atoms with Crippen LogP contribution in [0.25, 0.3) is 16.6 Å². The lowest BCUT2D eigenvalue weighted by Crippen LogP contribution is -2.64. The molecule has 6 rings (SSSR count). The highest BCUT2D eigenvalue weighted by molar-refractivity contribution is 6.67. The summed E-state index contributed by atoms with van der Waals surface area (Å²) >= 11 is 0. The fourth-order valence-corrected chi connectivity index (χ4v) is 6.04. The number of hydrogen-bond donors (Lipinski definition) is 0. The normalized spacial score (nSPS) is 19.5. The van der Waals surface area contributed by atoms with Gasteiger partial charge < -0.3 is 19.6 Å². The number of hydrogen-bond acceptors (Lipinski definition) is 5. The van der Waals surface area contributed by atoms with Crippen LogP contribution in [0.1, 0.15) is 12.8 Å². The first-order valence-electron chi connectivity index (χ1n) is 14.7. The second-order valence-corrected chi connectivity index (χ2v) is 13.2. The molecule has 0 atom stereocenters. The van der Waals surface area contributed by atoms with Gasteiger partial charge in [0.25, 0.3) is 0 Å². The molecule has 1 aliphatic carbocycles. The smallest absolute Gasteiger partial charge is 0.225 e. The predicted molar refractivity (Wildman–Crippen MR) is 174 cm³/mol. The van der Waals surface area contributed by atoms with Gasteiger partial charge in [-0.05, 0) is 42.7 Å². The van der Waals surface area contributed by atoms with Gasteiger partial charge in [0.2, 0.25) is 5.91 Å². The first-order valence-corrected chi connectivity index (χ1v) is 14.7. The maximum atomic E-state index is 12.5. The zero-order chi connectivity index (χ0) is 27.4. The highest BCUT2D eigenvalue weighted by Gasteiger charge is 2.39. The monoisotopic (exact) mass is 518 g/mol. The van der Waals surface area contributed by atoms with Crippen LogP contribution in [-0.4, -0.2) is 122 Å². The average molecular weight is 518 g/mol. The van der Waals surface area contributed by atoms with E-state index in [1.807, 2.05) is 10.7 Å². The Bertz CT molecular complexity index is 1340. The topological polar surface area (TPSA) is 47.3 Å². The highest BCUT2D eigenvalue weighted by atomic mass is 16.2. The summed E-state index contributed by atoms with van der Waals surface area (Å²) in [5, 5.41) is 5.03. The van der Waals surface area contributed by atoms with Crippen molar-refractivity contribution in [2.75, 3.05) is 62.2 Å². The van der Waals surface area contributed by atoms with Gasteiger partial charge >= 0.3 is 0 Å². The van der Waals surface area contributed by atoms with E-state index in [1.54, 1.807) is 0 Å². The molecule has 1 amide bonds. The SMILES string of the molecule is BC(B)(B)C(B)(B)N1CCN(c2ccc(-c3cc4c(N5CCN(C(=O)C6CC6)CC5)ccnn4c3)cc2)CC1. The van der Waals surface area contributed by atoms with Crippen LogP contribution in [0.15, 0.2) is 48.8 Å². The van der Waals surface area contributed by atoms with Crippen LogP contribution in [0.5, 0.6) is 0 Å². The Morgan fingerprint density at radius 1 is 0.795 bits per heavy atom. The number of rotatable bonds is 6. The Morgan fingerprint density at radius 3 is 2.05 bits per heavy atom. The maximum Gasteiger partial charge on any atom is 0.225 e. The minimum atomic E-state index is 0.175. The van der Waals surface area contributed by atoms with E-state index in [9.17, 15) is 4.79 Å².